The Balaban J connectivity index is 1.79. The average molecular weight is 475 g/mol. The molecular formula is C28H30N2O5. The second-order valence-electron chi connectivity index (χ2n) is 8.07. The van der Waals surface area contributed by atoms with Gasteiger partial charge in [0.1, 0.15) is 5.75 Å². The predicted molar refractivity (Wildman–Crippen MR) is 136 cm³/mol. The molecule has 0 aliphatic carbocycles. The third-order valence-corrected chi connectivity index (χ3v) is 6.13. The zero-order valence-electron chi connectivity index (χ0n) is 20.4. The first kappa shape index (κ1) is 24.0. The molecule has 182 valence electrons. The minimum Gasteiger partial charge on any atom is -0.496 e. The maximum atomic E-state index is 13.2. The molecule has 35 heavy (non-hydrogen) atoms. The lowest BCUT2D eigenvalue weighted by Gasteiger charge is -2.23. The Hall–Kier alpha value is -4.13. The molecule has 1 amide bonds. The molecule has 7 heteroatoms. The van der Waals surface area contributed by atoms with Crippen LogP contribution in [0, 0.1) is 0 Å². The molecule has 0 fully saturated rings. The summed E-state index contributed by atoms with van der Waals surface area (Å²) in [6.45, 7) is 0.451. The number of hydrogen-bond acceptors (Lipinski definition) is 5. The van der Waals surface area contributed by atoms with Gasteiger partial charge in [-0.25, -0.2) is 0 Å². The lowest BCUT2D eigenvalue weighted by molar-refractivity contribution is -0.121. The molecule has 0 spiro atoms. The number of amides is 1. The van der Waals surface area contributed by atoms with Gasteiger partial charge in [0.15, 0.2) is 11.5 Å². The Morgan fingerprint density at radius 2 is 1.54 bits per heavy atom. The number of carbonyl (C=O) groups excluding carboxylic acids is 1. The van der Waals surface area contributed by atoms with Crippen molar-refractivity contribution in [1.29, 1.82) is 0 Å². The zero-order chi connectivity index (χ0) is 24.8. The molecule has 0 radical (unpaired) electrons. The summed E-state index contributed by atoms with van der Waals surface area (Å²) < 4.78 is 22.5. The molecule has 1 heterocycles. The summed E-state index contributed by atoms with van der Waals surface area (Å²) >= 11 is 0. The zero-order valence-corrected chi connectivity index (χ0v) is 20.4. The number of carbonyl (C=O) groups is 1. The van der Waals surface area contributed by atoms with Crippen molar-refractivity contribution in [2.24, 2.45) is 0 Å². The van der Waals surface area contributed by atoms with Crippen molar-refractivity contribution in [2.75, 3.05) is 28.4 Å². The molecule has 1 atom stereocenters. The first-order valence-electron chi connectivity index (χ1n) is 11.3. The third-order valence-electron chi connectivity index (χ3n) is 6.13. The highest BCUT2D eigenvalue weighted by Gasteiger charge is 2.28. The molecule has 0 saturated carbocycles. The molecule has 0 aliphatic heterocycles. The van der Waals surface area contributed by atoms with Gasteiger partial charge in [0.05, 0.1) is 28.4 Å². The van der Waals surface area contributed by atoms with Crippen molar-refractivity contribution in [3.05, 3.63) is 83.6 Å². The van der Waals surface area contributed by atoms with Gasteiger partial charge in [0, 0.05) is 41.5 Å². The molecule has 1 aromatic heterocycles. The van der Waals surface area contributed by atoms with Crippen LogP contribution in [0.3, 0.4) is 0 Å². The minimum absolute atomic E-state index is 0.0834. The Morgan fingerprint density at radius 1 is 0.800 bits per heavy atom. The number of methoxy groups -OCH3 is 4. The van der Waals surface area contributed by atoms with Crippen molar-refractivity contribution in [3.8, 4) is 23.0 Å². The second-order valence-corrected chi connectivity index (χ2v) is 8.07. The highest BCUT2D eigenvalue weighted by molar-refractivity contribution is 5.91. The molecule has 2 N–H and O–H groups in total. The molecule has 3 aromatic carbocycles. The Bertz CT molecular complexity index is 1300. The number of benzene rings is 3. The van der Waals surface area contributed by atoms with E-state index in [0.717, 1.165) is 33.3 Å². The predicted octanol–water partition coefficient (Wildman–Crippen LogP) is 5.04. The molecule has 4 aromatic rings. The molecule has 7 nitrogen and oxygen atoms in total. The molecule has 0 bridgehead atoms. The highest BCUT2D eigenvalue weighted by atomic mass is 16.5. The van der Waals surface area contributed by atoms with E-state index in [1.807, 2.05) is 66.9 Å². The van der Waals surface area contributed by atoms with Crippen LogP contribution in [0.4, 0.5) is 0 Å². The summed E-state index contributed by atoms with van der Waals surface area (Å²) in [6, 6.07) is 19.4. The lowest BCUT2D eigenvalue weighted by atomic mass is 9.86. The number of aromatic amines is 1. The Morgan fingerprint density at radius 3 is 2.23 bits per heavy atom. The fourth-order valence-corrected chi connectivity index (χ4v) is 4.46. The van der Waals surface area contributed by atoms with E-state index in [1.165, 1.54) is 0 Å². The first-order chi connectivity index (χ1) is 17.1. The van der Waals surface area contributed by atoms with E-state index in [-0.39, 0.29) is 18.2 Å². The van der Waals surface area contributed by atoms with E-state index in [4.69, 9.17) is 18.9 Å². The van der Waals surface area contributed by atoms with Gasteiger partial charge in [0.2, 0.25) is 11.7 Å². The summed E-state index contributed by atoms with van der Waals surface area (Å²) in [5, 5.41) is 3.97. The Kier molecular flexibility index (Phi) is 7.45. The fourth-order valence-electron chi connectivity index (χ4n) is 4.46. The van der Waals surface area contributed by atoms with E-state index >= 15 is 0 Å². The summed E-state index contributed by atoms with van der Waals surface area (Å²) in [5.41, 5.74) is 3.70. The topological polar surface area (TPSA) is 81.8 Å². The lowest BCUT2D eigenvalue weighted by Crippen LogP contribution is -2.25. The van der Waals surface area contributed by atoms with Gasteiger partial charge in [-0.15, -0.1) is 0 Å². The SMILES string of the molecule is COc1ccc(C(CC(=O)NCc2ccccc2)c2c[nH]c3cccc(OC)c23)c(OC)c1OC. The second kappa shape index (κ2) is 10.9. The van der Waals surface area contributed by atoms with Gasteiger partial charge in [-0.2, -0.15) is 0 Å². The number of fused-ring (bicyclic) bond motifs is 1. The summed E-state index contributed by atoms with van der Waals surface area (Å²) in [5.74, 6) is 1.86. The number of rotatable bonds is 10. The van der Waals surface area contributed by atoms with Crippen LogP contribution in [-0.2, 0) is 11.3 Å². The van der Waals surface area contributed by atoms with Crippen LogP contribution >= 0.6 is 0 Å². The van der Waals surface area contributed by atoms with Gasteiger partial charge >= 0.3 is 0 Å². The van der Waals surface area contributed by atoms with E-state index in [9.17, 15) is 4.79 Å². The number of ether oxygens (including phenoxy) is 4. The van der Waals surface area contributed by atoms with Crippen molar-refractivity contribution >= 4 is 16.8 Å². The average Bonchev–Trinajstić information content (AvgIpc) is 3.34. The van der Waals surface area contributed by atoms with Crippen LogP contribution in [0.15, 0.2) is 66.9 Å². The quantitative estimate of drug-likeness (QED) is 0.337. The van der Waals surface area contributed by atoms with Gasteiger partial charge in [-0.1, -0.05) is 42.5 Å². The van der Waals surface area contributed by atoms with E-state index in [0.29, 0.717) is 23.8 Å². The fraction of sp³-hybridized carbons (Fsp3) is 0.250. The summed E-state index contributed by atoms with van der Waals surface area (Å²) in [4.78, 5) is 16.5. The summed E-state index contributed by atoms with van der Waals surface area (Å²) in [6.07, 6.45) is 2.13. The molecule has 0 aliphatic rings. The Labute approximate surface area is 205 Å². The molecule has 0 saturated heterocycles. The molecular weight excluding hydrogens is 444 g/mol. The van der Waals surface area contributed by atoms with Gasteiger partial charge in [-0.3, -0.25) is 4.79 Å². The van der Waals surface area contributed by atoms with Crippen molar-refractivity contribution in [2.45, 2.75) is 18.9 Å². The largest absolute Gasteiger partial charge is 0.496 e. The maximum absolute atomic E-state index is 13.2. The van der Waals surface area contributed by atoms with Crippen molar-refractivity contribution in [1.82, 2.24) is 10.3 Å². The first-order valence-corrected chi connectivity index (χ1v) is 11.3. The standard InChI is InChI=1S/C28H30N2O5/c1-32-23-12-8-11-22-26(23)21(17-29-22)20(15-25(31)30-16-18-9-6-5-7-10-18)19-13-14-24(33-2)28(35-4)27(19)34-3/h5-14,17,20,29H,15-16H2,1-4H3,(H,30,31). The monoisotopic (exact) mass is 474 g/mol. The van der Waals surface area contributed by atoms with E-state index in [2.05, 4.69) is 10.3 Å². The van der Waals surface area contributed by atoms with Gasteiger partial charge in [0.25, 0.3) is 0 Å². The van der Waals surface area contributed by atoms with Crippen molar-refractivity contribution in [3.63, 3.8) is 0 Å². The van der Waals surface area contributed by atoms with E-state index < -0.39 is 0 Å². The normalized spacial score (nSPS) is 11.7. The summed E-state index contributed by atoms with van der Waals surface area (Å²) in [7, 11) is 6.38. The van der Waals surface area contributed by atoms with Crippen LogP contribution in [-0.4, -0.2) is 39.3 Å². The smallest absolute Gasteiger partial charge is 0.221 e. The number of nitrogens with one attached hydrogen (secondary N) is 2. The van der Waals surface area contributed by atoms with Gasteiger partial charge < -0.3 is 29.2 Å². The minimum atomic E-state index is -0.342. The van der Waals surface area contributed by atoms with E-state index in [1.54, 1.807) is 28.4 Å². The third kappa shape index (κ3) is 4.89. The van der Waals surface area contributed by atoms with Crippen LogP contribution in [0.2, 0.25) is 0 Å². The van der Waals surface area contributed by atoms with Gasteiger partial charge in [-0.05, 0) is 29.3 Å². The van der Waals surface area contributed by atoms with Crippen LogP contribution in [0.1, 0.15) is 29.0 Å². The number of aromatic nitrogens is 1. The number of H-pyrrole nitrogens is 1. The highest BCUT2D eigenvalue weighted by Crippen LogP contribution is 2.47. The maximum Gasteiger partial charge on any atom is 0.221 e. The number of hydrogen-bond donors (Lipinski definition) is 2. The molecule has 1 unspecified atom stereocenters. The van der Waals surface area contributed by atoms with Crippen LogP contribution in [0.5, 0.6) is 23.0 Å². The van der Waals surface area contributed by atoms with Crippen molar-refractivity contribution < 1.29 is 23.7 Å². The van der Waals surface area contributed by atoms with Crippen LogP contribution in [0.25, 0.3) is 10.9 Å². The van der Waals surface area contributed by atoms with Crippen LogP contribution < -0.4 is 24.3 Å². The molecule has 4 rings (SSSR count).